The lowest BCUT2D eigenvalue weighted by molar-refractivity contribution is -0.137. The zero-order chi connectivity index (χ0) is 18.1. The number of urea groups is 2. The van der Waals surface area contributed by atoms with E-state index in [-0.39, 0.29) is 11.8 Å². The lowest BCUT2D eigenvalue weighted by Gasteiger charge is -2.36. The second-order valence-corrected chi connectivity index (χ2v) is 7.69. The van der Waals surface area contributed by atoms with Gasteiger partial charge in [-0.3, -0.25) is 19.8 Å². The topological polar surface area (TPSA) is 108 Å². The van der Waals surface area contributed by atoms with Crippen molar-refractivity contribution in [2.75, 3.05) is 6.54 Å². The molecule has 0 aromatic rings. The monoisotopic (exact) mass is 338 g/mol. The molecule has 2 aliphatic rings. The highest BCUT2D eigenvalue weighted by atomic mass is 16.2. The molecule has 0 aromatic heterocycles. The Bertz CT molecular complexity index is 569. The molecule has 0 radical (unpaired) electrons. The summed E-state index contributed by atoms with van der Waals surface area (Å²) in [6.07, 6.45) is 3.34. The van der Waals surface area contributed by atoms with Crippen LogP contribution in [0.15, 0.2) is 0 Å². The molecule has 8 heteroatoms. The van der Waals surface area contributed by atoms with E-state index in [1.165, 1.54) is 0 Å². The largest absolute Gasteiger partial charge is 0.333 e. The van der Waals surface area contributed by atoms with Crippen molar-refractivity contribution in [2.24, 2.45) is 5.92 Å². The van der Waals surface area contributed by atoms with E-state index in [4.69, 9.17) is 0 Å². The maximum Gasteiger partial charge on any atom is 0.325 e. The molecule has 1 spiro atoms. The second kappa shape index (κ2) is 6.41. The van der Waals surface area contributed by atoms with Crippen LogP contribution in [0.25, 0.3) is 0 Å². The van der Waals surface area contributed by atoms with Gasteiger partial charge >= 0.3 is 12.1 Å². The Hall–Kier alpha value is -2.12. The molecular formula is C16H26N4O4. The Kier molecular flexibility index (Phi) is 4.87. The first-order valence-corrected chi connectivity index (χ1v) is 8.31. The molecule has 2 rings (SSSR count). The van der Waals surface area contributed by atoms with Gasteiger partial charge in [-0.25, -0.2) is 9.59 Å². The number of carbonyl (C=O) groups is 4. The van der Waals surface area contributed by atoms with Crippen molar-refractivity contribution in [3.8, 4) is 0 Å². The van der Waals surface area contributed by atoms with E-state index in [1.54, 1.807) is 20.8 Å². The van der Waals surface area contributed by atoms with E-state index >= 15 is 0 Å². The summed E-state index contributed by atoms with van der Waals surface area (Å²) in [6.45, 7) is 6.82. The number of imide groups is 2. The van der Waals surface area contributed by atoms with Gasteiger partial charge in [0, 0.05) is 5.54 Å². The van der Waals surface area contributed by atoms with E-state index in [2.05, 4.69) is 16.0 Å². The summed E-state index contributed by atoms with van der Waals surface area (Å²) in [7, 11) is 0. The fourth-order valence-electron chi connectivity index (χ4n) is 3.32. The molecular weight excluding hydrogens is 312 g/mol. The number of amides is 6. The Balaban J connectivity index is 2.00. The molecule has 3 N–H and O–H groups in total. The van der Waals surface area contributed by atoms with Crippen LogP contribution in [0.3, 0.4) is 0 Å². The van der Waals surface area contributed by atoms with Crippen molar-refractivity contribution in [3.05, 3.63) is 0 Å². The molecule has 1 aliphatic carbocycles. The molecule has 1 saturated heterocycles. The maximum atomic E-state index is 12.7. The Morgan fingerprint density at radius 2 is 1.96 bits per heavy atom. The van der Waals surface area contributed by atoms with Crippen molar-refractivity contribution in [2.45, 2.75) is 64.5 Å². The quantitative estimate of drug-likeness (QED) is 0.656. The highest BCUT2D eigenvalue weighted by Crippen LogP contribution is 2.38. The molecule has 6 amide bonds. The predicted octanol–water partition coefficient (Wildman–Crippen LogP) is 1.11. The summed E-state index contributed by atoms with van der Waals surface area (Å²) >= 11 is 0. The molecule has 2 fully saturated rings. The van der Waals surface area contributed by atoms with Crippen LogP contribution >= 0.6 is 0 Å². The average molecular weight is 338 g/mol. The van der Waals surface area contributed by atoms with E-state index in [0.29, 0.717) is 6.42 Å². The van der Waals surface area contributed by atoms with E-state index in [0.717, 1.165) is 24.2 Å². The van der Waals surface area contributed by atoms with Gasteiger partial charge in [0.1, 0.15) is 12.1 Å². The van der Waals surface area contributed by atoms with Gasteiger partial charge in [0.25, 0.3) is 5.91 Å². The normalized spacial score (nSPS) is 27.2. The molecule has 1 saturated carbocycles. The molecule has 0 bridgehead atoms. The number of carbonyl (C=O) groups excluding carboxylic acids is 4. The first kappa shape index (κ1) is 18.2. The third-order valence-electron chi connectivity index (χ3n) is 4.54. The summed E-state index contributed by atoms with van der Waals surface area (Å²) in [5.41, 5.74) is -1.39. The van der Waals surface area contributed by atoms with Gasteiger partial charge in [0.2, 0.25) is 5.91 Å². The van der Waals surface area contributed by atoms with Crippen LogP contribution in [0, 0.1) is 5.92 Å². The molecule has 134 valence electrons. The summed E-state index contributed by atoms with van der Waals surface area (Å²) in [5.74, 6) is -1.04. The first-order valence-electron chi connectivity index (χ1n) is 8.31. The van der Waals surface area contributed by atoms with Crippen molar-refractivity contribution >= 4 is 23.9 Å². The number of rotatable bonds is 2. The fraction of sp³-hybridized carbons (Fsp3) is 0.750. The average Bonchev–Trinajstić information content (AvgIpc) is 2.65. The van der Waals surface area contributed by atoms with Crippen LogP contribution in [0.2, 0.25) is 0 Å². The van der Waals surface area contributed by atoms with Crippen molar-refractivity contribution in [1.82, 2.24) is 20.9 Å². The molecule has 0 aromatic carbocycles. The van der Waals surface area contributed by atoms with Gasteiger partial charge in [-0.05, 0) is 39.5 Å². The van der Waals surface area contributed by atoms with Crippen LogP contribution in [-0.4, -0.2) is 46.4 Å². The lowest BCUT2D eigenvalue weighted by atomic mass is 9.73. The number of nitrogens with one attached hydrogen (secondary N) is 3. The molecule has 24 heavy (non-hydrogen) atoms. The summed E-state index contributed by atoms with van der Waals surface area (Å²) in [6, 6.07) is -1.22. The van der Waals surface area contributed by atoms with E-state index < -0.39 is 35.6 Å². The predicted molar refractivity (Wildman–Crippen MR) is 87.0 cm³/mol. The lowest BCUT2D eigenvalue weighted by Crippen LogP contribution is -2.54. The summed E-state index contributed by atoms with van der Waals surface area (Å²) in [4.78, 5) is 49.5. The molecule has 1 heterocycles. The van der Waals surface area contributed by atoms with Crippen LogP contribution in [0.5, 0.6) is 0 Å². The van der Waals surface area contributed by atoms with Crippen LogP contribution in [0.1, 0.15) is 53.4 Å². The van der Waals surface area contributed by atoms with Crippen molar-refractivity contribution in [3.63, 3.8) is 0 Å². The molecule has 2 atom stereocenters. The molecule has 0 unspecified atom stereocenters. The maximum absolute atomic E-state index is 12.7. The van der Waals surface area contributed by atoms with Crippen LogP contribution < -0.4 is 16.0 Å². The van der Waals surface area contributed by atoms with Crippen LogP contribution in [0.4, 0.5) is 9.59 Å². The van der Waals surface area contributed by atoms with Crippen LogP contribution in [-0.2, 0) is 9.59 Å². The van der Waals surface area contributed by atoms with Gasteiger partial charge in [-0.1, -0.05) is 19.8 Å². The highest BCUT2D eigenvalue weighted by molar-refractivity contribution is 6.10. The van der Waals surface area contributed by atoms with Gasteiger partial charge in [-0.2, -0.15) is 0 Å². The van der Waals surface area contributed by atoms with Gasteiger partial charge in [-0.15, -0.1) is 0 Å². The minimum Gasteiger partial charge on any atom is -0.333 e. The first-order chi connectivity index (χ1) is 11.0. The molecule has 8 nitrogen and oxygen atoms in total. The Morgan fingerprint density at radius 3 is 2.54 bits per heavy atom. The van der Waals surface area contributed by atoms with E-state index in [1.807, 2.05) is 6.92 Å². The zero-order valence-corrected chi connectivity index (χ0v) is 14.7. The zero-order valence-electron chi connectivity index (χ0n) is 14.7. The second-order valence-electron chi connectivity index (χ2n) is 7.69. The van der Waals surface area contributed by atoms with Gasteiger partial charge in [0.15, 0.2) is 0 Å². The fourth-order valence-corrected chi connectivity index (χ4v) is 3.32. The summed E-state index contributed by atoms with van der Waals surface area (Å²) in [5, 5.41) is 7.50. The van der Waals surface area contributed by atoms with Gasteiger partial charge in [0.05, 0.1) is 0 Å². The number of hydrogen-bond acceptors (Lipinski definition) is 4. The SMILES string of the molecule is C[C@H]1CCCC[C@@]12NC(=O)N(CC(=O)NC(=O)NC(C)(C)C)C2=O. The van der Waals surface area contributed by atoms with E-state index in [9.17, 15) is 19.2 Å². The van der Waals surface area contributed by atoms with Crippen molar-refractivity contribution in [1.29, 1.82) is 0 Å². The molecule has 1 aliphatic heterocycles. The summed E-state index contributed by atoms with van der Waals surface area (Å²) < 4.78 is 0. The Morgan fingerprint density at radius 1 is 1.29 bits per heavy atom. The number of hydrogen-bond donors (Lipinski definition) is 3. The smallest absolute Gasteiger partial charge is 0.325 e. The van der Waals surface area contributed by atoms with Crippen molar-refractivity contribution < 1.29 is 19.2 Å². The highest BCUT2D eigenvalue weighted by Gasteiger charge is 2.55. The van der Waals surface area contributed by atoms with Gasteiger partial charge < -0.3 is 10.6 Å². The number of nitrogens with zero attached hydrogens (tertiary/aromatic N) is 1. The third kappa shape index (κ3) is 3.68. The minimum absolute atomic E-state index is 0.0277. The minimum atomic E-state index is -0.900. The third-order valence-corrected chi connectivity index (χ3v) is 4.54. The Labute approximate surface area is 141 Å². The standard InChI is InChI=1S/C16H26N4O4/c1-10-7-5-6-8-16(10)12(22)20(14(24)19-16)9-11(21)17-13(23)18-15(2,3)4/h10H,5-9H2,1-4H3,(H,19,24)(H2,17,18,21,23)/t10-,16+/m0/s1.